The first-order chi connectivity index (χ1) is 5.96. The zero-order chi connectivity index (χ0) is 11.4. The molecule has 0 aromatic rings. The number of alkyl halides is 8. The lowest BCUT2D eigenvalue weighted by atomic mass is 10.1. The van der Waals surface area contributed by atoms with Gasteiger partial charge in [-0.3, -0.25) is 0 Å². The van der Waals surface area contributed by atoms with Crippen molar-refractivity contribution in [2.24, 2.45) is 0 Å². The predicted molar refractivity (Wildman–Crippen MR) is 22.0 cm³/mol. The van der Waals surface area contributed by atoms with Crippen LogP contribution in [0.3, 0.4) is 0 Å². The van der Waals surface area contributed by atoms with Gasteiger partial charge in [0.1, 0.15) is 0 Å². The molecule has 0 aromatic heterocycles. The summed E-state index contributed by atoms with van der Waals surface area (Å²) in [4.78, 5) is 4.66. The number of halogens is 8. The minimum Gasteiger partial charge on any atom is -0.191 e. The van der Waals surface area contributed by atoms with Gasteiger partial charge >= 0.3 is 24.1 Å². The molecule has 14 heavy (non-hydrogen) atoms. The topological polar surface area (TPSA) is 18.5 Å². The van der Waals surface area contributed by atoms with Crippen molar-refractivity contribution in [1.82, 2.24) is 0 Å². The quantitative estimate of drug-likeness (QED) is 0.471. The second-order valence-electron chi connectivity index (χ2n) is 2.35. The molecule has 1 heterocycles. The van der Waals surface area contributed by atoms with Crippen LogP contribution >= 0.6 is 0 Å². The summed E-state index contributed by atoms with van der Waals surface area (Å²) >= 11 is 0. The molecule has 0 aliphatic carbocycles. The van der Waals surface area contributed by atoms with Crippen molar-refractivity contribution in [1.29, 1.82) is 0 Å². The molecule has 0 spiro atoms. The third-order valence-corrected chi connectivity index (χ3v) is 1.40. The van der Waals surface area contributed by atoms with Gasteiger partial charge in [-0.25, -0.2) is 0 Å². The summed E-state index contributed by atoms with van der Waals surface area (Å²) in [6, 6.07) is 0. The minimum absolute atomic E-state index is 2.32. The summed E-state index contributed by atoms with van der Waals surface area (Å²) < 4.78 is 95.3. The molecule has 0 N–H and O–H groups in total. The van der Waals surface area contributed by atoms with Crippen LogP contribution in [0.1, 0.15) is 0 Å². The van der Waals surface area contributed by atoms with E-state index in [0.29, 0.717) is 0 Å². The van der Waals surface area contributed by atoms with Crippen molar-refractivity contribution >= 4 is 0 Å². The highest BCUT2D eigenvalue weighted by Gasteiger charge is 2.88. The van der Waals surface area contributed by atoms with Crippen LogP contribution in [0.15, 0.2) is 0 Å². The second-order valence-corrected chi connectivity index (χ2v) is 2.35. The van der Waals surface area contributed by atoms with E-state index in [2.05, 4.69) is 9.78 Å². The van der Waals surface area contributed by atoms with Crippen molar-refractivity contribution < 1.29 is 44.9 Å². The number of hydrogen-bond acceptors (Lipinski definition) is 2. The molecule has 0 aromatic carbocycles. The normalized spacial score (nSPS) is 36.0. The number of hydrogen-bond donors (Lipinski definition) is 0. The summed E-state index contributed by atoms with van der Waals surface area (Å²) in [5, 5.41) is 0. The van der Waals surface area contributed by atoms with Crippen LogP contribution in [0.4, 0.5) is 35.1 Å². The maximum absolute atomic E-state index is 12.4. The van der Waals surface area contributed by atoms with Crippen molar-refractivity contribution in [2.45, 2.75) is 24.1 Å². The van der Waals surface area contributed by atoms with Crippen LogP contribution < -0.4 is 0 Å². The van der Waals surface area contributed by atoms with Gasteiger partial charge in [0.15, 0.2) is 0 Å². The fourth-order valence-electron chi connectivity index (χ4n) is 0.627. The van der Waals surface area contributed by atoms with Gasteiger partial charge in [0.05, 0.1) is 0 Å². The monoisotopic (exact) mass is 232 g/mol. The average molecular weight is 232 g/mol. The zero-order valence-corrected chi connectivity index (χ0v) is 5.84. The second kappa shape index (κ2) is 2.48. The Balaban J connectivity index is 3.18. The molecule has 1 aliphatic rings. The standard InChI is InChI=1S/C4F8O2/c5-1(6)2(7,3(8,9)10)13-14-4(1,11)12. The van der Waals surface area contributed by atoms with E-state index in [4.69, 9.17) is 0 Å². The molecule has 2 nitrogen and oxygen atoms in total. The largest absolute Gasteiger partial charge is 0.458 e. The molecule has 1 rings (SSSR count). The zero-order valence-electron chi connectivity index (χ0n) is 5.84. The summed E-state index contributed by atoms with van der Waals surface area (Å²) in [6.07, 6.45) is -12.0. The smallest absolute Gasteiger partial charge is 0.191 e. The molecule has 1 atom stereocenters. The van der Waals surface area contributed by atoms with E-state index in [0.717, 1.165) is 0 Å². The van der Waals surface area contributed by atoms with Gasteiger partial charge in [0.2, 0.25) is 0 Å². The Labute approximate surface area is 70.3 Å². The first kappa shape index (κ1) is 11.4. The van der Waals surface area contributed by atoms with Crippen LogP contribution in [0.2, 0.25) is 0 Å². The molecular formula is C4F8O2. The molecule has 0 bridgehead atoms. The van der Waals surface area contributed by atoms with E-state index in [1.807, 2.05) is 0 Å². The Morgan fingerprint density at radius 1 is 0.786 bits per heavy atom. The van der Waals surface area contributed by atoms with E-state index < -0.39 is 24.1 Å². The molecule has 84 valence electrons. The van der Waals surface area contributed by atoms with Gasteiger partial charge < -0.3 is 0 Å². The van der Waals surface area contributed by atoms with Crippen molar-refractivity contribution in [3.63, 3.8) is 0 Å². The molecular weight excluding hydrogens is 232 g/mol. The molecule has 0 saturated carbocycles. The van der Waals surface area contributed by atoms with Gasteiger partial charge in [-0.05, 0) is 0 Å². The molecule has 1 saturated heterocycles. The van der Waals surface area contributed by atoms with Crippen molar-refractivity contribution in [3.05, 3.63) is 0 Å². The SMILES string of the molecule is FC(F)(F)C1(F)OOC(F)(F)C1(F)F. The highest BCUT2D eigenvalue weighted by atomic mass is 19.4. The highest BCUT2D eigenvalue weighted by molar-refractivity contribution is 4.99. The molecule has 0 radical (unpaired) electrons. The minimum atomic E-state index is -6.34. The lowest BCUT2D eigenvalue weighted by Gasteiger charge is -2.25. The molecule has 10 heteroatoms. The van der Waals surface area contributed by atoms with Gasteiger partial charge in [-0.15, -0.1) is 0 Å². The lowest BCUT2D eigenvalue weighted by molar-refractivity contribution is -0.460. The lowest BCUT2D eigenvalue weighted by Crippen LogP contribution is -2.57. The van der Waals surface area contributed by atoms with E-state index in [9.17, 15) is 35.1 Å². The summed E-state index contributed by atoms with van der Waals surface area (Å²) in [5.41, 5.74) is 0. The Morgan fingerprint density at radius 3 is 1.36 bits per heavy atom. The first-order valence-electron chi connectivity index (χ1n) is 2.84. The van der Waals surface area contributed by atoms with Crippen molar-refractivity contribution in [3.8, 4) is 0 Å². The Hall–Kier alpha value is -0.640. The maximum Gasteiger partial charge on any atom is 0.458 e. The van der Waals surface area contributed by atoms with Crippen LogP contribution in [-0.4, -0.2) is 24.1 Å². The highest BCUT2D eigenvalue weighted by Crippen LogP contribution is 2.58. The van der Waals surface area contributed by atoms with Gasteiger partial charge in [-0.1, -0.05) is 0 Å². The Morgan fingerprint density at radius 2 is 1.21 bits per heavy atom. The first-order valence-corrected chi connectivity index (χ1v) is 2.84. The van der Waals surface area contributed by atoms with Crippen LogP contribution in [0, 0.1) is 0 Å². The van der Waals surface area contributed by atoms with E-state index in [-0.39, 0.29) is 0 Å². The Kier molecular flexibility index (Phi) is 2.03. The van der Waals surface area contributed by atoms with Crippen LogP contribution in [-0.2, 0) is 9.78 Å². The molecule has 1 fully saturated rings. The van der Waals surface area contributed by atoms with Crippen molar-refractivity contribution in [2.75, 3.05) is 0 Å². The maximum atomic E-state index is 12.4. The van der Waals surface area contributed by atoms with Gasteiger partial charge in [0, 0.05) is 0 Å². The van der Waals surface area contributed by atoms with Crippen LogP contribution in [0.5, 0.6) is 0 Å². The fourth-order valence-corrected chi connectivity index (χ4v) is 0.627. The van der Waals surface area contributed by atoms with Gasteiger partial charge in [-0.2, -0.15) is 44.9 Å². The third-order valence-electron chi connectivity index (χ3n) is 1.40. The molecule has 1 unspecified atom stereocenters. The summed E-state index contributed by atoms with van der Waals surface area (Å²) in [5.74, 6) is -12.0. The van der Waals surface area contributed by atoms with Gasteiger partial charge in [0.25, 0.3) is 0 Å². The molecule has 0 amide bonds. The Bertz CT molecular complexity index is 246. The average Bonchev–Trinajstić information content (AvgIpc) is 2.10. The van der Waals surface area contributed by atoms with Crippen LogP contribution in [0.25, 0.3) is 0 Å². The molecule has 1 aliphatic heterocycles. The van der Waals surface area contributed by atoms with E-state index in [1.54, 1.807) is 0 Å². The summed E-state index contributed by atoms with van der Waals surface area (Å²) in [7, 11) is 0. The fraction of sp³-hybridized carbons (Fsp3) is 1.00. The van der Waals surface area contributed by atoms with E-state index >= 15 is 0 Å². The van der Waals surface area contributed by atoms with E-state index in [1.165, 1.54) is 0 Å². The number of rotatable bonds is 0. The third kappa shape index (κ3) is 1.10. The predicted octanol–water partition coefficient (Wildman–Crippen LogP) is 2.40. The summed E-state index contributed by atoms with van der Waals surface area (Å²) in [6.45, 7) is 0.